The van der Waals surface area contributed by atoms with E-state index in [1.165, 1.54) is 6.20 Å². The highest BCUT2D eigenvalue weighted by Crippen LogP contribution is 2.20. The molecule has 0 radical (unpaired) electrons. The third-order valence-corrected chi connectivity index (χ3v) is 1.84. The highest BCUT2D eigenvalue weighted by Gasteiger charge is 2.13. The number of aliphatic hydroxyl groups excluding tert-OH is 1. The molecule has 0 bridgehead atoms. The van der Waals surface area contributed by atoms with Gasteiger partial charge in [-0.05, 0) is 24.3 Å². The van der Waals surface area contributed by atoms with Gasteiger partial charge in [0, 0.05) is 0 Å². The zero-order chi connectivity index (χ0) is 9.97. The van der Waals surface area contributed by atoms with Crippen LogP contribution in [0.4, 0.5) is 5.69 Å². The second-order valence-electron chi connectivity index (χ2n) is 2.73. The lowest BCUT2D eigenvalue weighted by atomic mass is 10.3. The maximum Gasteiger partial charge on any atom is 0.317 e. The van der Waals surface area contributed by atoms with Crippen LogP contribution < -0.4 is 15.3 Å². The van der Waals surface area contributed by atoms with Gasteiger partial charge in [0.15, 0.2) is 0 Å². The summed E-state index contributed by atoms with van der Waals surface area (Å²) in [7, 11) is 1.61. The van der Waals surface area contributed by atoms with E-state index in [-0.39, 0.29) is 5.95 Å². The zero-order valence-electron chi connectivity index (χ0n) is 7.60. The lowest BCUT2D eigenvalue weighted by molar-refractivity contribution is 0.0459. The monoisotopic (exact) mass is 194 g/mol. The molecule has 1 aliphatic heterocycles. The van der Waals surface area contributed by atoms with Gasteiger partial charge in [0.05, 0.1) is 12.8 Å². The van der Waals surface area contributed by atoms with Gasteiger partial charge in [0.25, 0.3) is 0 Å². The predicted octanol–water partition coefficient (Wildman–Crippen LogP) is 1.31. The Hall–Kier alpha value is -1.88. The van der Waals surface area contributed by atoms with Gasteiger partial charge in [-0.2, -0.15) is 0 Å². The van der Waals surface area contributed by atoms with Gasteiger partial charge in [-0.25, -0.2) is 5.01 Å². The number of hydrogen-bond donors (Lipinski definition) is 2. The van der Waals surface area contributed by atoms with Crippen LogP contribution in [0.15, 0.2) is 36.4 Å². The van der Waals surface area contributed by atoms with E-state index >= 15 is 0 Å². The standard InChI is InChI=1S/C9H10N2O3/c1-13-8-4-2-7(3-5-8)11-6-9(12)14-10-11/h2-6,10,12H,1H3. The molecule has 0 amide bonds. The van der Waals surface area contributed by atoms with Crippen molar-refractivity contribution in [3.05, 3.63) is 36.4 Å². The summed E-state index contributed by atoms with van der Waals surface area (Å²) in [5.41, 5.74) is 3.35. The van der Waals surface area contributed by atoms with Crippen LogP contribution in [0, 0.1) is 0 Å². The number of hydrogen-bond acceptors (Lipinski definition) is 5. The van der Waals surface area contributed by atoms with Crippen LogP contribution >= 0.6 is 0 Å². The molecule has 1 aromatic carbocycles. The van der Waals surface area contributed by atoms with Crippen LogP contribution in [0.25, 0.3) is 0 Å². The molecule has 2 N–H and O–H groups in total. The van der Waals surface area contributed by atoms with E-state index in [1.807, 2.05) is 24.3 Å². The van der Waals surface area contributed by atoms with Crippen molar-refractivity contribution < 1.29 is 14.7 Å². The average molecular weight is 194 g/mol. The molecule has 0 saturated carbocycles. The minimum Gasteiger partial charge on any atom is -0.497 e. The first-order chi connectivity index (χ1) is 6.79. The first-order valence-electron chi connectivity index (χ1n) is 4.06. The summed E-state index contributed by atoms with van der Waals surface area (Å²) >= 11 is 0. The number of aliphatic hydroxyl groups is 1. The Balaban J connectivity index is 2.17. The number of anilines is 1. The Bertz CT molecular complexity index is 348. The van der Waals surface area contributed by atoms with Crippen molar-refractivity contribution >= 4 is 5.69 Å². The normalized spacial score (nSPS) is 14.9. The summed E-state index contributed by atoms with van der Waals surface area (Å²) in [6, 6.07) is 7.31. The minimum atomic E-state index is -0.166. The van der Waals surface area contributed by atoms with E-state index in [2.05, 4.69) is 10.4 Å². The van der Waals surface area contributed by atoms with Crippen LogP contribution in [-0.4, -0.2) is 12.2 Å². The van der Waals surface area contributed by atoms with E-state index < -0.39 is 0 Å². The van der Waals surface area contributed by atoms with Crippen molar-refractivity contribution in [2.45, 2.75) is 0 Å². The number of nitrogens with one attached hydrogen (secondary N) is 1. The van der Waals surface area contributed by atoms with Gasteiger partial charge in [-0.3, -0.25) is 0 Å². The number of rotatable bonds is 2. The minimum absolute atomic E-state index is 0.166. The van der Waals surface area contributed by atoms with Crippen molar-refractivity contribution in [1.29, 1.82) is 0 Å². The van der Waals surface area contributed by atoms with Crippen molar-refractivity contribution in [3.63, 3.8) is 0 Å². The molecular formula is C9H10N2O3. The van der Waals surface area contributed by atoms with E-state index in [0.29, 0.717) is 0 Å². The van der Waals surface area contributed by atoms with Crippen LogP contribution in [0.2, 0.25) is 0 Å². The Labute approximate surface area is 81.1 Å². The fraction of sp³-hybridized carbons (Fsp3) is 0.111. The molecule has 5 heteroatoms. The average Bonchev–Trinajstić information content (AvgIpc) is 2.65. The molecule has 0 atom stereocenters. The Morgan fingerprint density at radius 3 is 2.57 bits per heavy atom. The summed E-state index contributed by atoms with van der Waals surface area (Å²) in [5, 5.41) is 10.5. The molecule has 1 aromatic rings. The van der Waals surface area contributed by atoms with Crippen molar-refractivity contribution in [3.8, 4) is 5.75 Å². The van der Waals surface area contributed by atoms with Gasteiger partial charge < -0.3 is 14.7 Å². The number of ether oxygens (including phenoxy) is 1. The number of benzene rings is 1. The van der Waals surface area contributed by atoms with Gasteiger partial charge in [0.2, 0.25) is 0 Å². The number of nitrogens with zero attached hydrogens (tertiary/aromatic N) is 1. The van der Waals surface area contributed by atoms with E-state index in [1.54, 1.807) is 12.1 Å². The molecule has 2 rings (SSSR count). The molecule has 5 nitrogen and oxygen atoms in total. The van der Waals surface area contributed by atoms with Gasteiger partial charge in [0.1, 0.15) is 11.9 Å². The second kappa shape index (κ2) is 3.47. The predicted molar refractivity (Wildman–Crippen MR) is 50.4 cm³/mol. The highest BCUT2D eigenvalue weighted by molar-refractivity contribution is 5.50. The van der Waals surface area contributed by atoms with Crippen molar-refractivity contribution in [2.75, 3.05) is 12.1 Å². The van der Waals surface area contributed by atoms with E-state index in [4.69, 9.17) is 9.84 Å². The maximum atomic E-state index is 8.97. The Morgan fingerprint density at radius 2 is 2.07 bits per heavy atom. The molecule has 0 aromatic heterocycles. The molecule has 0 saturated heterocycles. The molecule has 14 heavy (non-hydrogen) atoms. The smallest absolute Gasteiger partial charge is 0.317 e. The lowest BCUT2D eigenvalue weighted by Gasteiger charge is -2.12. The number of methoxy groups -OCH3 is 1. The Kier molecular flexibility index (Phi) is 2.16. The third-order valence-electron chi connectivity index (χ3n) is 1.84. The zero-order valence-corrected chi connectivity index (χ0v) is 7.60. The molecule has 0 spiro atoms. The van der Waals surface area contributed by atoms with Crippen LogP contribution in [0.1, 0.15) is 0 Å². The largest absolute Gasteiger partial charge is 0.497 e. The first kappa shape index (κ1) is 8.71. The highest BCUT2D eigenvalue weighted by atomic mass is 16.8. The van der Waals surface area contributed by atoms with Crippen molar-refractivity contribution in [1.82, 2.24) is 5.59 Å². The summed E-state index contributed by atoms with van der Waals surface area (Å²) < 4.78 is 5.02. The second-order valence-corrected chi connectivity index (χ2v) is 2.73. The molecular weight excluding hydrogens is 184 g/mol. The molecule has 0 unspecified atom stereocenters. The maximum absolute atomic E-state index is 8.97. The Morgan fingerprint density at radius 1 is 1.36 bits per heavy atom. The van der Waals surface area contributed by atoms with Gasteiger partial charge >= 0.3 is 5.95 Å². The molecule has 0 aliphatic carbocycles. The first-order valence-corrected chi connectivity index (χ1v) is 4.06. The summed E-state index contributed by atoms with van der Waals surface area (Å²) in [6.45, 7) is 0. The van der Waals surface area contributed by atoms with E-state index in [9.17, 15) is 0 Å². The fourth-order valence-electron chi connectivity index (χ4n) is 1.13. The van der Waals surface area contributed by atoms with Gasteiger partial charge in [-0.1, -0.05) is 5.59 Å². The van der Waals surface area contributed by atoms with Crippen LogP contribution in [0.5, 0.6) is 5.75 Å². The number of hydrazine groups is 1. The third kappa shape index (κ3) is 1.57. The summed E-state index contributed by atoms with van der Waals surface area (Å²) in [6.07, 6.45) is 1.43. The van der Waals surface area contributed by atoms with Gasteiger partial charge in [-0.15, -0.1) is 0 Å². The van der Waals surface area contributed by atoms with Crippen molar-refractivity contribution in [2.24, 2.45) is 0 Å². The fourth-order valence-corrected chi connectivity index (χ4v) is 1.13. The van der Waals surface area contributed by atoms with Crippen LogP contribution in [-0.2, 0) is 4.84 Å². The molecule has 1 heterocycles. The summed E-state index contributed by atoms with van der Waals surface area (Å²) in [5.74, 6) is 0.614. The van der Waals surface area contributed by atoms with E-state index in [0.717, 1.165) is 11.4 Å². The molecule has 0 fully saturated rings. The summed E-state index contributed by atoms with van der Waals surface area (Å²) in [4.78, 5) is 4.64. The quantitative estimate of drug-likeness (QED) is 0.743. The molecule has 1 aliphatic rings. The molecule has 74 valence electrons. The van der Waals surface area contributed by atoms with Crippen LogP contribution in [0.3, 0.4) is 0 Å². The topological polar surface area (TPSA) is 54.0 Å². The SMILES string of the molecule is COc1ccc(N2C=C(O)ON2)cc1. The lowest BCUT2D eigenvalue weighted by Crippen LogP contribution is -2.26.